The molecule has 4 atom stereocenters. The Morgan fingerprint density at radius 3 is 1.03 bits per heavy atom. The first-order valence-corrected chi connectivity index (χ1v) is 15.1. The maximum atomic E-state index is 13.7. The van der Waals surface area contributed by atoms with Gasteiger partial charge < -0.3 is 10.6 Å². The standard InChI is InChI=1S/C30H44N2O2/c33-27(29-11-17-3-18(12-29)5-19(4-17)13-29)31-25-10-24-2-1-23(25)9-26(24)32-28(34)30-14-20-6-21(15-30)8-22(7-20)16-30/h17-26H,1-16H2,(H,31,33)(H,32,34). The molecule has 0 spiro atoms. The molecule has 10 bridgehead atoms. The van der Waals surface area contributed by atoms with Gasteiger partial charge in [-0.05, 0) is 150 Å². The minimum Gasteiger partial charge on any atom is -0.353 e. The molecule has 11 aliphatic rings. The van der Waals surface area contributed by atoms with Gasteiger partial charge in [0.2, 0.25) is 11.8 Å². The second kappa shape index (κ2) is 7.25. The summed E-state index contributed by atoms with van der Waals surface area (Å²) < 4.78 is 0. The number of hydrogen-bond donors (Lipinski definition) is 2. The van der Waals surface area contributed by atoms with E-state index in [1.165, 1.54) is 51.4 Å². The van der Waals surface area contributed by atoms with Crippen LogP contribution in [0, 0.1) is 58.2 Å². The van der Waals surface area contributed by atoms with E-state index in [2.05, 4.69) is 10.6 Å². The first-order chi connectivity index (χ1) is 16.5. The van der Waals surface area contributed by atoms with Gasteiger partial charge in [-0.2, -0.15) is 0 Å². The van der Waals surface area contributed by atoms with Crippen molar-refractivity contribution in [3.63, 3.8) is 0 Å². The second-order valence-electron chi connectivity index (χ2n) is 15.1. The summed E-state index contributed by atoms with van der Waals surface area (Å²) in [7, 11) is 0. The van der Waals surface area contributed by atoms with Gasteiger partial charge in [-0.15, -0.1) is 0 Å². The van der Waals surface area contributed by atoms with Crippen LogP contribution in [0.4, 0.5) is 0 Å². The minimum atomic E-state index is -0.0302. The van der Waals surface area contributed by atoms with Crippen molar-refractivity contribution in [2.45, 2.75) is 115 Å². The molecule has 186 valence electrons. The molecule has 34 heavy (non-hydrogen) atoms. The third-order valence-electron chi connectivity index (χ3n) is 12.8. The molecule has 0 heterocycles. The molecule has 11 aliphatic carbocycles. The maximum absolute atomic E-state index is 13.7. The number of amides is 2. The summed E-state index contributed by atoms with van der Waals surface area (Å²) in [6, 6.07) is 0.707. The van der Waals surface area contributed by atoms with E-state index in [4.69, 9.17) is 0 Å². The average molecular weight is 465 g/mol. The summed E-state index contributed by atoms with van der Waals surface area (Å²) in [5, 5.41) is 7.28. The Balaban J connectivity index is 0.925. The monoisotopic (exact) mass is 464 g/mol. The van der Waals surface area contributed by atoms with Crippen molar-refractivity contribution >= 4 is 11.8 Å². The van der Waals surface area contributed by atoms with E-state index in [0.29, 0.717) is 35.7 Å². The highest BCUT2D eigenvalue weighted by atomic mass is 16.2. The Labute approximate surface area is 205 Å². The Bertz CT molecular complexity index is 752. The van der Waals surface area contributed by atoms with Gasteiger partial charge in [-0.3, -0.25) is 9.59 Å². The molecule has 2 N–H and O–H groups in total. The second-order valence-corrected chi connectivity index (χ2v) is 15.1. The fourth-order valence-electron chi connectivity index (χ4n) is 12.2. The van der Waals surface area contributed by atoms with Gasteiger partial charge in [0.1, 0.15) is 0 Å². The largest absolute Gasteiger partial charge is 0.353 e. The van der Waals surface area contributed by atoms with Crippen LogP contribution in [0.15, 0.2) is 0 Å². The summed E-state index contributed by atoms with van der Waals surface area (Å²) in [6.07, 6.45) is 20.0. The van der Waals surface area contributed by atoms with Crippen LogP contribution in [0.2, 0.25) is 0 Å². The van der Waals surface area contributed by atoms with Crippen LogP contribution in [0.25, 0.3) is 0 Å². The zero-order chi connectivity index (χ0) is 22.7. The minimum absolute atomic E-state index is 0.0302. The lowest BCUT2D eigenvalue weighted by molar-refractivity contribution is -0.150. The predicted octanol–water partition coefficient (Wildman–Crippen LogP) is 5.21. The number of carbonyl (C=O) groups is 2. The number of fused-ring (bicyclic) bond motifs is 3. The topological polar surface area (TPSA) is 58.2 Å². The van der Waals surface area contributed by atoms with Gasteiger partial charge >= 0.3 is 0 Å². The van der Waals surface area contributed by atoms with Crippen molar-refractivity contribution in [1.82, 2.24) is 10.6 Å². The van der Waals surface area contributed by atoms with Crippen LogP contribution in [-0.4, -0.2) is 23.9 Å². The first-order valence-electron chi connectivity index (χ1n) is 15.1. The molecule has 11 saturated carbocycles. The molecule has 0 saturated heterocycles. The highest BCUT2D eigenvalue weighted by molar-refractivity contribution is 5.84. The summed E-state index contributed by atoms with van der Waals surface area (Å²) in [5.74, 6) is 6.89. The third-order valence-corrected chi connectivity index (χ3v) is 12.8. The van der Waals surface area contributed by atoms with Crippen LogP contribution in [-0.2, 0) is 9.59 Å². The first kappa shape index (κ1) is 21.1. The summed E-state index contributed by atoms with van der Waals surface area (Å²) in [4.78, 5) is 27.4. The number of hydrogen-bond acceptors (Lipinski definition) is 2. The van der Waals surface area contributed by atoms with E-state index >= 15 is 0 Å². The van der Waals surface area contributed by atoms with E-state index in [0.717, 1.165) is 86.9 Å². The highest BCUT2D eigenvalue weighted by Gasteiger charge is 2.57. The summed E-state index contributed by atoms with van der Waals surface area (Å²) in [5.41, 5.74) is -0.0604. The molecule has 11 fully saturated rings. The van der Waals surface area contributed by atoms with Crippen LogP contribution in [0.3, 0.4) is 0 Å². The molecule has 0 radical (unpaired) electrons. The van der Waals surface area contributed by atoms with Crippen molar-refractivity contribution < 1.29 is 9.59 Å². The van der Waals surface area contributed by atoms with Gasteiger partial charge in [0.05, 0.1) is 0 Å². The highest BCUT2D eigenvalue weighted by Crippen LogP contribution is 2.61. The quantitative estimate of drug-likeness (QED) is 0.600. The van der Waals surface area contributed by atoms with Gasteiger partial charge in [0.15, 0.2) is 0 Å². The Hall–Kier alpha value is -1.06. The molecule has 0 aromatic heterocycles. The van der Waals surface area contributed by atoms with Crippen molar-refractivity contribution in [2.75, 3.05) is 0 Å². The molecule has 4 heteroatoms. The van der Waals surface area contributed by atoms with Crippen molar-refractivity contribution in [2.24, 2.45) is 58.2 Å². The molecular weight excluding hydrogens is 420 g/mol. The molecule has 2 amide bonds. The van der Waals surface area contributed by atoms with Crippen molar-refractivity contribution in [3.8, 4) is 0 Å². The molecular formula is C30H44N2O2. The Morgan fingerprint density at radius 2 is 0.765 bits per heavy atom. The number of carbonyl (C=O) groups excluding carboxylic acids is 2. The molecule has 4 nitrogen and oxygen atoms in total. The zero-order valence-corrected chi connectivity index (χ0v) is 20.9. The average Bonchev–Trinajstić information content (AvgIpc) is 2.78. The van der Waals surface area contributed by atoms with Gasteiger partial charge in [-0.1, -0.05) is 0 Å². The molecule has 0 aliphatic heterocycles. The fraction of sp³-hybridized carbons (Fsp3) is 0.933. The normalized spacial score (nSPS) is 56.0. The van der Waals surface area contributed by atoms with Crippen LogP contribution in [0.1, 0.15) is 103 Å². The zero-order valence-electron chi connectivity index (χ0n) is 20.9. The van der Waals surface area contributed by atoms with Gasteiger partial charge in [-0.25, -0.2) is 0 Å². The Kier molecular flexibility index (Phi) is 4.49. The fourth-order valence-corrected chi connectivity index (χ4v) is 12.2. The van der Waals surface area contributed by atoms with E-state index < -0.39 is 0 Å². The Morgan fingerprint density at radius 1 is 0.471 bits per heavy atom. The van der Waals surface area contributed by atoms with E-state index in [1.807, 2.05) is 0 Å². The lowest BCUT2D eigenvalue weighted by atomic mass is 9.49. The lowest BCUT2D eigenvalue weighted by Gasteiger charge is -2.57. The SMILES string of the molecule is O=C(NC1CC2CCC1CC2NC(=O)C12CC3CC(CC(C3)C1)C2)C12CC3CC(CC(C3)C1)C2. The van der Waals surface area contributed by atoms with Crippen LogP contribution in [0.5, 0.6) is 0 Å². The van der Waals surface area contributed by atoms with E-state index in [-0.39, 0.29) is 10.8 Å². The van der Waals surface area contributed by atoms with Gasteiger partial charge in [0.25, 0.3) is 0 Å². The third kappa shape index (κ3) is 3.14. The smallest absolute Gasteiger partial charge is 0.226 e. The summed E-state index contributed by atoms with van der Waals surface area (Å²) in [6.45, 7) is 0. The molecule has 0 aromatic carbocycles. The predicted molar refractivity (Wildman–Crippen MR) is 131 cm³/mol. The molecule has 11 rings (SSSR count). The van der Waals surface area contributed by atoms with Crippen LogP contribution < -0.4 is 10.6 Å². The number of rotatable bonds is 4. The van der Waals surface area contributed by atoms with Crippen LogP contribution >= 0.6 is 0 Å². The van der Waals surface area contributed by atoms with Crippen molar-refractivity contribution in [3.05, 3.63) is 0 Å². The van der Waals surface area contributed by atoms with E-state index in [9.17, 15) is 9.59 Å². The van der Waals surface area contributed by atoms with Crippen molar-refractivity contribution in [1.29, 1.82) is 0 Å². The van der Waals surface area contributed by atoms with E-state index in [1.54, 1.807) is 0 Å². The molecule has 0 aromatic rings. The van der Waals surface area contributed by atoms with Gasteiger partial charge in [0, 0.05) is 22.9 Å². The number of nitrogens with one attached hydrogen (secondary N) is 2. The maximum Gasteiger partial charge on any atom is 0.226 e. The molecule has 4 unspecified atom stereocenters. The lowest BCUT2D eigenvalue weighted by Crippen LogP contribution is -2.61. The summed E-state index contributed by atoms with van der Waals surface area (Å²) >= 11 is 0.